The predicted molar refractivity (Wildman–Crippen MR) is 93.9 cm³/mol. The Labute approximate surface area is 144 Å². The van der Waals surface area contributed by atoms with Crippen LogP contribution in [0.3, 0.4) is 0 Å². The number of hydrogen-bond acceptors (Lipinski definition) is 1. The van der Waals surface area contributed by atoms with E-state index in [9.17, 15) is 0 Å². The summed E-state index contributed by atoms with van der Waals surface area (Å²) in [5.41, 5.74) is 4.39. The van der Waals surface area contributed by atoms with E-state index in [4.69, 9.17) is 27.9 Å². The maximum absolute atomic E-state index is 6.68. The van der Waals surface area contributed by atoms with E-state index < -0.39 is 0 Å². The van der Waals surface area contributed by atoms with Crippen molar-refractivity contribution in [3.05, 3.63) is 62.1 Å². The van der Waals surface area contributed by atoms with Crippen LogP contribution in [0, 0.1) is 13.8 Å². The Balaban J connectivity index is 2.38. The average Bonchev–Trinajstić information content (AvgIpc) is 2.44. The van der Waals surface area contributed by atoms with Crippen LogP contribution in [0.2, 0.25) is 5.02 Å². The number of rotatable bonds is 4. The van der Waals surface area contributed by atoms with Crippen molar-refractivity contribution < 1.29 is 4.74 Å². The standard InChI is InChI=1S/C17H17BrCl2O/c1-10-8-14(18)11(2)16(17(10)21-3)15(20)9-12-4-6-13(19)7-5-12/h4-8,15H,9H2,1-3H3. The molecule has 1 atom stereocenters. The maximum Gasteiger partial charge on any atom is 0.126 e. The zero-order valence-electron chi connectivity index (χ0n) is 12.2. The molecule has 0 aliphatic heterocycles. The summed E-state index contributed by atoms with van der Waals surface area (Å²) in [6, 6.07) is 9.84. The summed E-state index contributed by atoms with van der Waals surface area (Å²) in [6.45, 7) is 4.08. The van der Waals surface area contributed by atoms with Gasteiger partial charge in [0.1, 0.15) is 5.75 Å². The third-order valence-electron chi connectivity index (χ3n) is 3.55. The molecule has 2 aromatic rings. The molecule has 0 bridgehead atoms. The summed E-state index contributed by atoms with van der Waals surface area (Å²) in [4.78, 5) is 0. The average molecular weight is 388 g/mol. The monoisotopic (exact) mass is 386 g/mol. The van der Waals surface area contributed by atoms with Crippen LogP contribution in [-0.2, 0) is 6.42 Å². The van der Waals surface area contributed by atoms with Gasteiger partial charge in [0.05, 0.1) is 12.5 Å². The second kappa shape index (κ2) is 7.04. The van der Waals surface area contributed by atoms with Gasteiger partial charge >= 0.3 is 0 Å². The minimum absolute atomic E-state index is 0.155. The van der Waals surface area contributed by atoms with Crippen molar-refractivity contribution in [2.24, 2.45) is 0 Å². The Morgan fingerprint density at radius 2 is 1.81 bits per heavy atom. The number of aryl methyl sites for hydroxylation is 1. The highest BCUT2D eigenvalue weighted by molar-refractivity contribution is 9.10. The lowest BCUT2D eigenvalue weighted by molar-refractivity contribution is 0.405. The van der Waals surface area contributed by atoms with E-state index in [0.29, 0.717) is 0 Å². The molecule has 21 heavy (non-hydrogen) atoms. The zero-order chi connectivity index (χ0) is 15.6. The van der Waals surface area contributed by atoms with Crippen LogP contribution >= 0.6 is 39.1 Å². The number of ether oxygens (including phenoxy) is 1. The topological polar surface area (TPSA) is 9.23 Å². The molecule has 2 aromatic carbocycles. The molecule has 0 radical (unpaired) electrons. The van der Waals surface area contributed by atoms with Crippen molar-refractivity contribution in [3.8, 4) is 5.75 Å². The summed E-state index contributed by atoms with van der Waals surface area (Å²) in [6.07, 6.45) is 0.728. The molecule has 2 rings (SSSR count). The molecule has 0 fully saturated rings. The predicted octanol–water partition coefficient (Wildman–Crippen LogP) is 6.25. The minimum atomic E-state index is -0.155. The van der Waals surface area contributed by atoms with Gasteiger partial charge < -0.3 is 4.74 Å². The van der Waals surface area contributed by atoms with E-state index in [0.717, 1.165) is 43.9 Å². The van der Waals surface area contributed by atoms with E-state index in [1.54, 1.807) is 7.11 Å². The van der Waals surface area contributed by atoms with Gasteiger partial charge in [-0.2, -0.15) is 0 Å². The fraction of sp³-hybridized carbons (Fsp3) is 0.294. The van der Waals surface area contributed by atoms with Crippen LogP contribution in [-0.4, -0.2) is 7.11 Å². The Bertz CT molecular complexity index is 638. The summed E-state index contributed by atoms with van der Waals surface area (Å²) < 4.78 is 6.62. The molecule has 112 valence electrons. The van der Waals surface area contributed by atoms with Crippen LogP contribution in [0.1, 0.15) is 27.6 Å². The quantitative estimate of drug-likeness (QED) is 0.563. The first-order valence-electron chi connectivity index (χ1n) is 6.66. The smallest absolute Gasteiger partial charge is 0.126 e. The zero-order valence-corrected chi connectivity index (χ0v) is 15.3. The Morgan fingerprint density at radius 3 is 2.38 bits per heavy atom. The van der Waals surface area contributed by atoms with Crippen LogP contribution in [0.25, 0.3) is 0 Å². The second-order valence-electron chi connectivity index (χ2n) is 5.05. The van der Waals surface area contributed by atoms with Crippen molar-refractivity contribution >= 4 is 39.1 Å². The normalized spacial score (nSPS) is 12.3. The Morgan fingerprint density at radius 1 is 1.19 bits per heavy atom. The lowest BCUT2D eigenvalue weighted by Crippen LogP contribution is -2.04. The van der Waals surface area contributed by atoms with Gasteiger partial charge in [-0.25, -0.2) is 0 Å². The molecule has 0 aliphatic rings. The van der Waals surface area contributed by atoms with Crippen LogP contribution in [0.15, 0.2) is 34.8 Å². The lowest BCUT2D eigenvalue weighted by Gasteiger charge is -2.20. The fourth-order valence-corrected chi connectivity index (χ4v) is 3.58. The molecule has 0 N–H and O–H groups in total. The van der Waals surface area contributed by atoms with Gasteiger partial charge in [0.2, 0.25) is 0 Å². The van der Waals surface area contributed by atoms with Gasteiger partial charge in [-0.1, -0.05) is 39.7 Å². The molecule has 4 heteroatoms. The van der Waals surface area contributed by atoms with E-state index in [1.165, 1.54) is 0 Å². The first-order valence-corrected chi connectivity index (χ1v) is 8.27. The molecule has 0 aromatic heterocycles. The molecule has 0 amide bonds. The Kier molecular flexibility index (Phi) is 5.59. The number of halogens is 3. The van der Waals surface area contributed by atoms with Crippen molar-refractivity contribution in [2.75, 3.05) is 7.11 Å². The van der Waals surface area contributed by atoms with Crippen molar-refractivity contribution in [1.29, 1.82) is 0 Å². The molecule has 0 spiro atoms. The van der Waals surface area contributed by atoms with E-state index >= 15 is 0 Å². The SMILES string of the molecule is COc1c(C)cc(Br)c(C)c1C(Cl)Cc1ccc(Cl)cc1. The number of hydrogen-bond donors (Lipinski definition) is 0. The van der Waals surface area contributed by atoms with Gasteiger partial charge in [-0.3, -0.25) is 0 Å². The molecule has 0 saturated carbocycles. The molecule has 1 unspecified atom stereocenters. The minimum Gasteiger partial charge on any atom is -0.496 e. The Hall–Kier alpha value is -0.700. The third-order valence-corrected chi connectivity index (χ3v) is 5.00. The van der Waals surface area contributed by atoms with E-state index in [2.05, 4.69) is 28.9 Å². The van der Waals surface area contributed by atoms with Crippen LogP contribution < -0.4 is 4.74 Å². The van der Waals surface area contributed by atoms with Crippen molar-refractivity contribution in [2.45, 2.75) is 25.6 Å². The highest BCUT2D eigenvalue weighted by atomic mass is 79.9. The van der Waals surface area contributed by atoms with Gasteiger partial charge in [-0.05, 0) is 55.2 Å². The van der Waals surface area contributed by atoms with Gasteiger partial charge in [0.15, 0.2) is 0 Å². The molecule has 0 aliphatic carbocycles. The summed E-state index contributed by atoms with van der Waals surface area (Å²) >= 11 is 16.2. The largest absolute Gasteiger partial charge is 0.496 e. The number of alkyl halides is 1. The van der Waals surface area contributed by atoms with Gasteiger partial charge in [0, 0.05) is 15.1 Å². The van der Waals surface area contributed by atoms with Crippen molar-refractivity contribution in [3.63, 3.8) is 0 Å². The molecular formula is C17H17BrCl2O. The van der Waals surface area contributed by atoms with E-state index in [1.807, 2.05) is 31.2 Å². The number of methoxy groups -OCH3 is 1. The van der Waals surface area contributed by atoms with Crippen LogP contribution in [0.4, 0.5) is 0 Å². The van der Waals surface area contributed by atoms with E-state index in [-0.39, 0.29) is 5.38 Å². The molecule has 1 nitrogen and oxygen atoms in total. The van der Waals surface area contributed by atoms with Gasteiger partial charge in [-0.15, -0.1) is 11.6 Å². The van der Waals surface area contributed by atoms with Crippen LogP contribution in [0.5, 0.6) is 5.75 Å². The van der Waals surface area contributed by atoms with Gasteiger partial charge in [0.25, 0.3) is 0 Å². The fourth-order valence-electron chi connectivity index (χ4n) is 2.45. The highest BCUT2D eigenvalue weighted by Crippen LogP contribution is 2.40. The highest BCUT2D eigenvalue weighted by Gasteiger charge is 2.20. The molecule has 0 heterocycles. The first kappa shape index (κ1) is 16.7. The summed E-state index contributed by atoms with van der Waals surface area (Å²) in [7, 11) is 1.69. The third kappa shape index (κ3) is 3.74. The lowest BCUT2D eigenvalue weighted by atomic mass is 9.97. The maximum atomic E-state index is 6.68. The molecule has 0 saturated heterocycles. The summed E-state index contributed by atoms with van der Waals surface area (Å²) in [5, 5.41) is 0.578. The number of benzene rings is 2. The second-order valence-corrected chi connectivity index (χ2v) is 6.86. The molecular weight excluding hydrogens is 371 g/mol. The van der Waals surface area contributed by atoms with Crippen molar-refractivity contribution in [1.82, 2.24) is 0 Å². The first-order chi connectivity index (χ1) is 9.93. The summed E-state index contributed by atoms with van der Waals surface area (Å²) in [5.74, 6) is 0.865.